The van der Waals surface area contributed by atoms with E-state index in [-0.39, 0.29) is 16.7 Å². The van der Waals surface area contributed by atoms with Gasteiger partial charge in [-0.3, -0.25) is 9.78 Å². The molecule has 0 unspecified atom stereocenters. The number of hydrogen-bond donors (Lipinski definition) is 0. The van der Waals surface area contributed by atoms with Gasteiger partial charge in [0.2, 0.25) is 0 Å². The van der Waals surface area contributed by atoms with Crippen molar-refractivity contribution in [2.75, 3.05) is 20.2 Å². The Morgan fingerprint density at radius 3 is 2.71 bits per heavy atom. The number of nitrogens with zero attached hydrogens (tertiary/aromatic N) is 4. The molecule has 0 aromatic carbocycles. The molecule has 6 heteroatoms. The highest BCUT2D eigenvalue weighted by molar-refractivity contribution is 5.95. The number of allylic oxidation sites excluding steroid dienone is 1. The van der Waals surface area contributed by atoms with Crippen LogP contribution in [0.4, 0.5) is 0 Å². The number of aliphatic imine (C=N–C) groups is 1. The van der Waals surface area contributed by atoms with Crippen molar-refractivity contribution in [3.05, 3.63) is 35.2 Å². The van der Waals surface area contributed by atoms with Crippen molar-refractivity contribution in [1.29, 1.82) is 5.26 Å². The number of hydrogen-bond acceptors (Lipinski definition) is 5. The van der Waals surface area contributed by atoms with Crippen LogP contribution in [-0.4, -0.2) is 42.4 Å². The molecular weight excluding hydrogens is 304 g/mol. The van der Waals surface area contributed by atoms with Crippen LogP contribution in [0.1, 0.15) is 38.4 Å². The first-order chi connectivity index (χ1) is 11.4. The summed E-state index contributed by atoms with van der Waals surface area (Å²) in [6, 6.07) is 6.03. The summed E-state index contributed by atoms with van der Waals surface area (Å²) in [5.74, 6) is 0. The van der Waals surface area contributed by atoms with Crippen LogP contribution >= 0.6 is 0 Å². The van der Waals surface area contributed by atoms with Gasteiger partial charge in [0.15, 0.2) is 6.29 Å². The Hall–Kier alpha value is -2.68. The third-order valence-corrected chi connectivity index (χ3v) is 3.70. The molecule has 0 aliphatic carbocycles. The fourth-order valence-corrected chi connectivity index (χ4v) is 2.28. The fraction of sp³-hybridized carbons (Fsp3) is 0.444. The molecule has 0 spiro atoms. The maximum atomic E-state index is 11.3. The van der Waals surface area contributed by atoms with E-state index < -0.39 is 0 Å². The molecule has 1 fully saturated rings. The summed E-state index contributed by atoms with van der Waals surface area (Å²) in [7, 11) is 1.86. The van der Waals surface area contributed by atoms with Gasteiger partial charge in [-0.2, -0.15) is 10.3 Å². The van der Waals surface area contributed by atoms with Gasteiger partial charge in [0.1, 0.15) is 11.6 Å². The highest BCUT2D eigenvalue weighted by Gasteiger charge is 2.19. The minimum Gasteiger partial charge on any atom is -0.465 e. The van der Waals surface area contributed by atoms with Crippen LogP contribution in [0.15, 0.2) is 28.9 Å². The van der Waals surface area contributed by atoms with E-state index >= 15 is 0 Å². The maximum absolute atomic E-state index is 11.3. The van der Waals surface area contributed by atoms with Gasteiger partial charge in [-0.1, -0.05) is 20.8 Å². The molecule has 1 aliphatic rings. The standard InChI is InChI=1S/C18H22N4O2/c1-18(2,3)15-7-6-13(11-20-15)16(14(10-19)12-23)21-17-22(4)8-5-9-24-17/h6-7,11-12H,5,8-9H2,1-4H3/b16-14-,21-17?. The first kappa shape index (κ1) is 17.7. The molecule has 0 atom stereocenters. The summed E-state index contributed by atoms with van der Waals surface area (Å²) in [4.78, 5) is 22.0. The number of rotatable bonds is 3. The Bertz CT molecular complexity index is 706. The van der Waals surface area contributed by atoms with Crippen molar-refractivity contribution in [2.24, 2.45) is 4.99 Å². The fourth-order valence-electron chi connectivity index (χ4n) is 2.28. The lowest BCUT2D eigenvalue weighted by molar-refractivity contribution is -0.104. The van der Waals surface area contributed by atoms with Crippen LogP contribution in [0.2, 0.25) is 0 Å². The molecule has 0 saturated carbocycles. The van der Waals surface area contributed by atoms with E-state index in [1.807, 2.05) is 30.1 Å². The minimum atomic E-state index is -0.0796. The van der Waals surface area contributed by atoms with Crippen molar-refractivity contribution in [3.63, 3.8) is 0 Å². The van der Waals surface area contributed by atoms with E-state index in [9.17, 15) is 10.1 Å². The van der Waals surface area contributed by atoms with Gasteiger partial charge in [0, 0.05) is 36.5 Å². The van der Waals surface area contributed by atoms with Crippen LogP contribution in [0.3, 0.4) is 0 Å². The Morgan fingerprint density at radius 2 is 2.21 bits per heavy atom. The Labute approximate surface area is 142 Å². The van der Waals surface area contributed by atoms with Gasteiger partial charge < -0.3 is 9.64 Å². The first-order valence-electron chi connectivity index (χ1n) is 7.86. The number of ether oxygens (including phenoxy) is 1. The smallest absolute Gasteiger partial charge is 0.292 e. The molecule has 2 rings (SSSR count). The molecule has 1 aliphatic heterocycles. The van der Waals surface area contributed by atoms with Gasteiger partial charge in [-0.15, -0.1) is 0 Å². The molecule has 6 nitrogen and oxygen atoms in total. The average Bonchev–Trinajstić information content (AvgIpc) is 2.56. The zero-order valence-electron chi connectivity index (χ0n) is 14.5. The number of pyridine rings is 1. The topological polar surface area (TPSA) is 78.6 Å². The van der Waals surface area contributed by atoms with E-state index in [4.69, 9.17) is 4.74 Å². The van der Waals surface area contributed by atoms with E-state index in [1.165, 1.54) is 0 Å². The van der Waals surface area contributed by atoms with E-state index in [1.54, 1.807) is 6.20 Å². The molecule has 2 heterocycles. The van der Waals surface area contributed by atoms with Crippen LogP contribution in [0.25, 0.3) is 5.70 Å². The summed E-state index contributed by atoms with van der Waals surface area (Å²) in [5, 5.41) is 9.25. The lowest BCUT2D eigenvalue weighted by atomic mass is 9.91. The SMILES string of the molecule is CN1CCCOC1=N/C(=C(/C#N)C=O)c1ccc(C(C)(C)C)nc1. The highest BCUT2D eigenvalue weighted by Crippen LogP contribution is 2.24. The van der Waals surface area contributed by atoms with Crippen LogP contribution in [0, 0.1) is 11.3 Å². The molecule has 1 aromatic rings. The molecule has 1 aromatic heterocycles. The number of nitriles is 1. The lowest BCUT2D eigenvalue weighted by Crippen LogP contribution is -2.35. The number of aromatic nitrogens is 1. The molecular formula is C18H22N4O2. The Kier molecular flexibility index (Phi) is 5.35. The first-order valence-corrected chi connectivity index (χ1v) is 7.86. The molecule has 126 valence electrons. The van der Waals surface area contributed by atoms with Crippen molar-refractivity contribution >= 4 is 18.0 Å². The second kappa shape index (κ2) is 7.26. The summed E-state index contributed by atoms with van der Waals surface area (Å²) in [5.41, 5.74) is 1.69. The number of aldehydes is 1. The molecule has 24 heavy (non-hydrogen) atoms. The van der Waals surface area contributed by atoms with E-state index in [0.29, 0.717) is 24.5 Å². The maximum Gasteiger partial charge on any atom is 0.292 e. The zero-order chi connectivity index (χ0) is 17.7. The van der Waals surface area contributed by atoms with Gasteiger partial charge >= 0.3 is 0 Å². The van der Waals surface area contributed by atoms with Crippen molar-refractivity contribution in [2.45, 2.75) is 32.6 Å². The summed E-state index contributed by atoms with van der Waals surface area (Å²) < 4.78 is 5.56. The van der Waals surface area contributed by atoms with Gasteiger partial charge in [-0.05, 0) is 18.6 Å². The quantitative estimate of drug-likeness (QED) is 0.484. The third-order valence-electron chi connectivity index (χ3n) is 3.70. The second-order valence-electron chi connectivity index (χ2n) is 6.69. The molecule has 0 N–H and O–H groups in total. The molecule has 0 bridgehead atoms. The minimum absolute atomic E-state index is 0.0459. The molecule has 1 saturated heterocycles. The summed E-state index contributed by atoms with van der Waals surface area (Å²) in [6.07, 6.45) is 3.07. The summed E-state index contributed by atoms with van der Waals surface area (Å²) in [6.45, 7) is 7.60. The van der Waals surface area contributed by atoms with Crippen LogP contribution in [-0.2, 0) is 14.9 Å². The number of amidine groups is 1. The third kappa shape index (κ3) is 3.99. The van der Waals surface area contributed by atoms with Crippen LogP contribution in [0.5, 0.6) is 0 Å². The molecule has 0 radical (unpaired) electrons. The van der Waals surface area contributed by atoms with E-state index in [2.05, 4.69) is 30.7 Å². The predicted octanol–water partition coefficient (Wildman–Crippen LogP) is 2.52. The Balaban J connectivity index is 2.49. The number of carbonyl (C=O) groups is 1. The van der Waals surface area contributed by atoms with Gasteiger partial charge in [0.25, 0.3) is 6.02 Å². The highest BCUT2D eigenvalue weighted by atomic mass is 16.5. The van der Waals surface area contributed by atoms with Crippen molar-refractivity contribution in [3.8, 4) is 6.07 Å². The average molecular weight is 326 g/mol. The largest absolute Gasteiger partial charge is 0.465 e. The zero-order valence-corrected chi connectivity index (χ0v) is 14.5. The van der Waals surface area contributed by atoms with Crippen LogP contribution < -0.4 is 0 Å². The monoisotopic (exact) mass is 326 g/mol. The normalized spacial score (nSPS) is 17.8. The van der Waals surface area contributed by atoms with Crippen molar-refractivity contribution < 1.29 is 9.53 Å². The van der Waals surface area contributed by atoms with Gasteiger partial charge in [0.05, 0.1) is 12.3 Å². The lowest BCUT2D eigenvalue weighted by Gasteiger charge is -2.26. The Morgan fingerprint density at radius 1 is 1.46 bits per heavy atom. The number of carbonyl (C=O) groups excluding carboxylic acids is 1. The predicted molar refractivity (Wildman–Crippen MR) is 92.2 cm³/mol. The molecule has 0 amide bonds. The van der Waals surface area contributed by atoms with Crippen molar-refractivity contribution in [1.82, 2.24) is 9.88 Å². The van der Waals surface area contributed by atoms with E-state index in [0.717, 1.165) is 18.7 Å². The van der Waals surface area contributed by atoms with Gasteiger partial charge in [-0.25, -0.2) is 0 Å². The summed E-state index contributed by atoms with van der Waals surface area (Å²) >= 11 is 0. The second-order valence-corrected chi connectivity index (χ2v) is 6.69.